The lowest BCUT2D eigenvalue weighted by Gasteiger charge is -2.26. The number of nitrogens with zero attached hydrogens (tertiary/aromatic N) is 3. The molecule has 2 aromatic rings. The second kappa shape index (κ2) is 4.64. The first kappa shape index (κ1) is 13.0. The van der Waals surface area contributed by atoms with Crippen molar-refractivity contribution in [1.82, 2.24) is 19.9 Å². The zero-order chi connectivity index (χ0) is 14.6. The number of nitrogens with two attached hydrogens (primary N) is 1. The number of fused-ring (bicyclic) bond motifs is 3. The SMILES string of the molecule is NC1C2CCC(C2)C1C(=O)Nc1nc(Cl)c2[nH]cnc2n1. The van der Waals surface area contributed by atoms with E-state index in [0.717, 1.165) is 19.3 Å². The number of imidazole rings is 1. The lowest BCUT2D eigenvalue weighted by Crippen LogP contribution is -2.42. The average molecular weight is 307 g/mol. The predicted molar refractivity (Wildman–Crippen MR) is 77.6 cm³/mol. The van der Waals surface area contributed by atoms with Crippen molar-refractivity contribution < 1.29 is 4.79 Å². The summed E-state index contributed by atoms with van der Waals surface area (Å²) in [5.41, 5.74) is 7.17. The van der Waals surface area contributed by atoms with Crippen molar-refractivity contribution in [3.63, 3.8) is 0 Å². The predicted octanol–water partition coefficient (Wildman–Crippen LogP) is 1.32. The van der Waals surface area contributed by atoms with E-state index in [2.05, 4.69) is 25.3 Å². The fraction of sp³-hybridized carbons (Fsp3) is 0.538. The first-order valence-corrected chi connectivity index (χ1v) is 7.44. The zero-order valence-corrected chi connectivity index (χ0v) is 12.0. The van der Waals surface area contributed by atoms with Crippen LogP contribution in [0.3, 0.4) is 0 Å². The van der Waals surface area contributed by atoms with Crippen molar-refractivity contribution >= 4 is 34.6 Å². The third-order valence-electron chi connectivity index (χ3n) is 4.76. The molecule has 2 aromatic heterocycles. The van der Waals surface area contributed by atoms with E-state index in [4.69, 9.17) is 17.3 Å². The van der Waals surface area contributed by atoms with Gasteiger partial charge in [0.05, 0.1) is 12.2 Å². The molecule has 8 heteroatoms. The highest BCUT2D eigenvalue weighted by Crippen LogP contribution is 2.47. The number of carbonyl (C=O) groups excluding carboxylic acids is 1. The summed E-state index contributed by atoms with van der Waals surface area (Å²) in [4.78, 5) is 27.6. The molecule has 2 saturated carbocycles. The van der Waals surface area contributed by atoms with Gasteiger partial charge in [-0.3, -0.25) is 10.1 Å². The van der Waals surface area contributed by atoms with Crippen LogP contribution in [0.1, 0.15) is 19.3 Å². The fourth-order valence-electron chi connectivity index (χ4n) is 3.77. The second-order valence-corrected chi connectivity index (χ2v) is 6.22. The van der Waals surface area contributed by atoms with E-state index in [1.54, 1.807) is 0 Å². The van der Waals surface area contributed by atoms with Crippen LogP contribution in [0.5, 0.6) is 0 Å². The van der Waals surface area contributed by atoms with Crippen LogP contribution in [-0.2, 0) is 4.79 Å². The van der Waals surface area contributed by atoms with Crippen LogP contribution in [0.2, 0.25) is 5.15 Å². The lowest BCUT2D eigenvalue weighted by atomic mass is 9.84. The molecule has 110 valence electrons. The minimum atomic E-state index is -0.152. The Labute approximate surface area is 125 Å². The number of hydrogen-bond acceptors (Lipinski definition) is 5. The van der Waals surface area contributed by atoms with Crippen LogP contribution >= 0.6 is 11.6 Å². The smallest absolute Gasteiger partial charge is 0.233 e. The molecule has 2 aliphatic rings. The molecule has 4 unspecified atom stereocenters. The van der Waals surface area contributed by atoms with Gasteiger partial charge in [-0.15, -0.1) is 0 Å². The molecule has 1 amide bonds. The molecule has 2 aliphatic carbocycles. The average Bonchev–Trinajstić information content (AvgIpc) is 3.12. The second-order valence-electron chi connectivity index (χ2n) is 5.86. The van der Waals surface area contributed by atoms with Gasteiger partial charge in [-0.05, 0) is 31.1 Å². The Hall–Kier alpha value is -1.73. The summed E-state index contributed by atoms with van der Waals surface area (Å²) in [6.45, 7) is 0. The number of rotatable bonds is 2. The van der Waals surface area contributed by atoms with Crippen LogP contribution in [0, 0.1) is 17.8 Å². The van der Waals surface area contributed by atoms with E-state index in [1.807, 2.05) is 0 Å². The van der Waals surface area contributed by atoms with Crippen LogP contribution in [0.15, 0.2) is 6.33 Å². The number of amides is 1. The van der Waals surface area contributed by atoms with Gasteiger partial charge in [0.1, 0.15) is 5.52 Å². The van der Waals surface area contributed by atoms with Gasteiger partial charge in [-0.1, -0.05) is 11.6 Å². The van der Waals surface area contributed by atoms with Gasteiger partial charge in [-0.2, -0.15) is 9.97 Å². The molecular formula is C13H15ClN6O. The largest absolute Gasteiger partial charge is 0.341 e. The lowest BCUT2D eigenvalue weighted by molar-refractivity contribution is -0.121. The van der Waals surface area contributed by atoms with Gasteiger partial charge in [0.25, 0.3) is 0 Å². The number of hydrogen-bond donors (Lipinski definition) is 3. The van der Waals surface area contributed by atoms with Gasteiger partial charge in [0, 0.05) is 6.04 Å². The molecule has 0 spiro atoms. The maximum Gasteiger partial charge on any atom is 0.233 e. The number of aromatic nitrogens is 4. The van der Waals surface area contributed by atoms with E-state index in [1.165, 1.54) is 6.33 Å². The summed E-state index contributed by atoms with van der Waals surface area (Å²) < 4.78 is 0. The highest BCUT2D eigenvalue weighted by atomic mass is 35.5. The Morgan fingerprint density at radius 1 is 1.38 bits per heavy atom. The molecule has 2 bridgehead atoms. The third-order valence-corrected chi connectivity index (χ3v) is 5.03. The standard InChI is InChI=1S/C13H15ClN6O/c14-10-9-11(17-4-16-9)19-13(18-10)20-12(21)7-5-1-2-6(3-5)8(7)15/h4-8H,1-3,15H2,(H2,16,17,18,19,20,21). The zero-order valence-electron chi connectivity index (χ0n) is 11.2. The highest BCUT2D eigenvalue weighted by molar-refractivity contribution is 6.33. The summed E-state index contributed by atoms with van der Waals surface area (Å²) in [6, 6.07) is -0.0617. The maximum absolute atomic E-state index is 12.5. The Bertz CT molecular complexity index is 714. The van der Waals surface area contributed by atoms with E-state index < -0.39 is 0 Å². The van der Waals surface area contributed by atoms with Gasteiger partial charge in [-0.25, -0.2) is 4.98 Å². The van der Waals surface area contributed by atoms with Crippen molar-refractivity contribution in [3.05, 3.63) is 11.5 Å². The molecule has 4 atom stereocenters. The Balaban J connectivity index is 1.58. The van der Waals surface area contributed by atoms with Crippen LogP contribution in [0.25, 0.3) is 11.2 Å². The summed E-state index contributed by atoms with van der Waals surface area (Å²) in [7, 11) is 0. The normalized spacial score (nSPS) is 31.0. The van der Waals surface area contributed by atoms with Crippen LogP contribution < -0.4 is 11.1 Å². The molecule has 0 aromatic carbocycles. The summed E-state index contributed by atoms with van der Waals surface area (Å²) >= 11 is 6.04. The van der Waals surface area contributed by atoms with Crippen molar-refractivity contribution in [2.24, 2.45) is 23.5 Å². The molecule has 0 saturated heterocycles. The number of carbonyl (C=O) groups is 1. The number of halogens is 1. The third kappa shape index (κ3) is 1.99. The minimum absolute atomic E-state index is 0.0617. The van der Waals surface area contributed by atoms with Gasteiger partial charge >= 0.3 is 0 Å². The first-order valence-electron chi connectivity index (χ1n) is 7.06. The van der Waals surface area contributed by atoms with Crippen LogP contribution in [-0.4, -0.2) is 31.9 Å². The molecule has 0 aliphatic heterocycles. The molecule has 21 heavy (non-hydrogen) atoms. The topological polar surface area (TPSA) is 110 Å². The number of nitrogens with one attached hydrogen (secondary N) is 2. The van der Waals surface area contributed by atoms with Gasteiger partial charge < -0.3 is 10.7 Å². The summed E-state index contributed by atoms with van der Waals surface area (Å²) in [5, 5.41) is 2.98. The highest BCUT2D eigenvalue weighted by Gasteiger charge is 2.49. The number of H-pyrrole nitrogens is 1. The Morgan fingerprint density at radius 3 is 2.95 bits per heavy atom. The van der Waals surface area contributed by atoms with Crippen molar-refractivity contribution in [2.45, 2.75) is 25.3 Å². The molecule has 2 heterocycles. The summed E-state index contributed by atoms with van der Waals surface area (Å²) in [6.07, 6.45) is 4.76. The molecule has 2 fully saturated rings. The number of anilines is 1. The van der Waals surface area contributed by atoms with E-state index >= 15 is 0 Å². The monoisotopic (exact) mass is 306 g/mol. The quantitative estimate of drug-likeness (QED) is 0.725. The van der Waals surface area contributed by atoms with E-state index in [0.29, 0.717) is 23.0 Å². The van der Waals surface area contributed by atoms with Gasteiger partial charge in [0.15, 0.2) is 10.8 Å². The van der Waals surface area contributed by atoms with Crippen LogP contribution in [0.4, 0.5) is 5.95 Å². The minimum Gasteiger partial charge on any atom is -0.341 e. The van der Waals surface area contributed by atoms with E-state index in [-0.39, 0.29) is 29.0 Å². The van der Waals surface area contributed by atoms with E-state index in [9.17, 15) is 4.79 Å². The molecule has 0 radical (unpaired) electrons. The Morgan fingerprint density at radius 2 is 2.19 bits per heavy atom. The molecule has 4 rings (SSSR count). The molecule has 4 N–H and O–H groups in total. The van der Waals surface area contributed by atoms with Crippen molar-refractivity contribution in [1.29, 1.82) is 0 Å². The summed E-state index contributed by atoms with van der Waals surface area (Å²) in [5.74, 6) is 0.778. The van der Waals surface area contributed by atoms with Gasteiger partial charge in [0.2, 0.25) is 11.9 Å². The molecule has 7 nitrogen and oxygen atoms in total. The maximum atomic E-state index is 12.5. The first-order chi connectivity index (χ1) is 10.1. The van der Waals surface area contributed by atoms with Crippen molar-refractivity contribution in [3.8, 4) is 0 Å². The number of aromatic amines is 1. The fourth-order valence-corrected chi connectivity index (χ4v) is 3.99. The van der Waals surface area contributed by atoms with Crippen molar-refractivity contribution in [2.75, 3.05) is 5.32 Å². The molecular weight excluding hydrogens is 292 g/mol. The Kier molecular flexibility index (Phi) is 2.87.